The molecule has 1 N–H and O–H groups in total. The lowest BCUT2D eigenvalue weighted by Gasteiger charge is -2.36. The van der Waals surface area contributed by atoms with E-state index in [-0.39, 0.29) is 23.8 Å². The van der Waals surface area contributed by atoms with Gasteiger partial charge in [0.2, 0.25) is 0 Å². The van der Waals surface area contributed by atoms with E-state index in [2.05, 4.69) is 25.7 Å². The smallest absolute Gasteiger partial charge is 0.409 e. The molecule has 0 radical (unpaired) electrons. The molecule has 118 valence electrons. The van der Waals surface area contributed by atoms with Crippen molar-refractivity contribution in [1.29, 1.82) is 0 Å². The Bertz CT molecular complexity index is 317. The average Bonchev–Trinajstić information content (AvgIpc) is 2.74. The van der Waals surface area contributed by atoms with E-state index < -0.39 is 0 Å². The van der Waals surface area contributed by atoms with Gasteiger partial charge in [-0.1, -0.05) is 0 Å². The Morgan fingerprint density at radius 1 is 1.45 bits per heavy atom. The van der Waals surface area contributed by atoms with Crippen LogP contribution in [0.2, 0.25) is 0 Å². The standard InChI is InChI=1S/C14H28N2O4/c1-14(2,3)16-9-12(17)8-11(16)10-20-13(18)15(4)6-7-19-5/h11-12,17H,6-10H2,1-5H3. The largest absolute Gasteiger partial charge is 0.448 e. The highest BCUT2D eigenvalue weighted by Gasteiger charge is 2.38. The predicted octanol–water partition coefficient (Wildman–Crippen LogP) is 0.935. The Morgan fingerprint density at radius 2 is 2.10 bits per heavy atom. The highest BCUT2D eigenvalue weighted by molar-refractivity contribution is 5.67. The second kappa shape index (κ2) is 7.24. The molecule has 2 unspecified atom stereocenters. The molecule has 0 aliphatic carbocycles. The molecule has 1 saturated heterocycles. The summed E-state index contributed by atoms with van der Waals surface area (Å²) in [5, 5.41) is 9.81. The Kier molecular flexibility index (Phi) is 6.23. The number of hydrogen-bond acceptors (Lipinski definition) is 5. The van der Waals surface area contributed by atoms with Gasteiger partial charge in [-0.2, -0.15) is 0 Å². The summed E-state index contributed by atoms with van der Waals surface area (Å²) in [5.41, 5.74) is -0.0451. The summed E-state index contributed by atoms with van der Waals surface area (Å²) < 4.78 is 10.3. The van der Waals surface area contributed by atoms with Gasteiger partial charge in [0.25, 0.3) is 0 Å². The van der Waals surface area contributed by atoms with E-state index in [0.717, 1.165) is 0 Å². The van der Waals surface area contributed by atoms with Crippen LogP contribution in [0, 0.1) is 0 Å². The molecule has 6 heteroatoms. The van der Waals surface area contributed by atoms with Gasteiger partial charge in [-0.25, -0.2) is 4.79 Å². The van der Waals surface area contributed by atoms with E-state index in [0.29, 0.717) is 32.7 Å². The third kappa shape index (κ3) is 4.92. The zero-order valence-electron chi connectivity index (χ0n) is 13.3. The molecule has 0 aromatic heterocycles. The number of rotatable bonds is 5. The summed E-state index contributed by atoms with van der Waals surface area (Å²) in [6.45, 7) is 8.24. The van der Waals surface area contributed by atoms with E-state index in [1.807, 2.05) is 0 Å². The normalized spacial score (nSPS) is 23.9. The van der Waals surface area contributed by atoms with Gasteiger partial charge < -0.3 is 19.5 Å². The first-order valence-electron chi connectivity index (χ1n) is 7.07. The van der Waals surface area contributed by atoms with Crippen molar-refractivity contribution in [3.8, 4) is 0 Å². The predicted molar refractivity (Wildman–Crippen MR) is 76.7 cm³/mol. The van der Waals surface area contributed by atoms with Gasteiger partial charge in [-0.15, -0.1) is 0 Å². The lowest BCUT2D eigenvalue weighted by molar-refractivity contribution is 0.0463. The van der Waals surface area contributed by atoms with E-state index in [9.17, 15) is 9.90 Å². The fraction of sp³-hybridized carbons (Fsp3) is 0.929. The molecule has 0 aromatic carbocycles. The minimum Gasteiger partial charge on any atom is -0.448 e. The SMILES string of the molecule is COCCN(C)C(=O)OCC1CC(O)CN1C(C)(C)C. The van der Waals surface area contributed by atoms with Crippen LogP contribution in [0.5, 0.6) is 0 Å². The van der Waals surface area contributed by atoms with Gasteiger partial charge in [0.05, 0.1) is 12.7 Å². The number of likely N-dealkylation sites (tertiary alicyclic amines) is 1. The fourth-order valence-electron chi connectivity index (χ4n) is 2.47. The Balaban J connectivity index is 2.45. The summed E-state index contributed by atoms with van der Waals surface area (Å²) in [5.74, 6) is 0. The number of amides is 1. The lowest BCUT2D eigenvalue weighted by atomic mass is 10.1. The van der Waals surface area contributed by atoms with E-state index in [4.69, 9.17) is 9.47 Å². The first-order chi connectivity index (χ1) is 9.25. The second-order valence-corrected chi connectivity index (χ2v) is 6.36. The van der Waals surface area contributed by atoms with E-state index in [1.165, 1.54) is 4.90 Å². The summed E-state index contributed by atoms with van der Waals surface area (Å²) >= 11 is 0. The van der Waals surface area contributed by atoms with Crippen LogP contribution in [-0.2, 0) is 9.47 Å². The van der Waals surface area contributed by atoms with E-state index >= 15 is 0 Å². The number of carbonyl (C=O) groups excluding carboxylic acids is 1. The zero-order chi connectivity index (χ0) is 15.3. The third-order valence-corrected chi connectivity index (χ3v) is 3.60. The quantitative estimate of drug-likeness (QED) is 0.815. The molecule has 1 fully saturated rings. The van der Waals surface area contributed by atoms with Gasteiger partial charge in [0.15, 0.2) is 0 Å². The van der Waals surface area contributed by atoms with Crippen molar-refractivity contribution in [2.45, 2.75) is 44.9 Å². The molecular formula is C14H28N2O4. The molecule has 1 aliphatic rings. The molecule has 0 saturated carbocycles. The minimum absolute atomic E-state index is 0.0451. The summed E-state index contributed by atoms with van der Waals surface area (Å²) in [6.07, 6.45) is -0.0479. The zero-order valence-corrected chi connectivity index (χ0v) is 13.3. The van der Waals surface area contributed by atoms with Crippen molar-refractivity contribution in [3.63, 3.8) is 0 Å². The van der Waals surface area contributed by atoms with Crippen LogP contribution in [0.1, 0.15) is 27.2 Å². The van der Waals surface area contributed by atoms with Gasteiger partial charge in [-0.3, -0.25) is 4.90 Å². The average molecular weight is 288 g/mol. The molecule has 0 spiro atoms. The first kappa shape index (κ1) is 17.2. The van der Waals surface area contributed by atoms with Crippen LogP contribution in [0.3, 0.4) is 0 Å². The number of hydrogen-bond donors (Lipinski definition) is 1. The van der Waals surface area contributed by atoms with Crippen molar-refractivity contribution in [2.75, 3.05) is 40.5 Å². The molecular weight excluding hydrogens is 260 g/mol. The lowest BCUT2D eigenvalue weighted by Crippen LogP contribution is -2.47. The Labute approximate surface area is 121 Å². The summed E-state index contributed by atoms with van der Waals surface area (Å²) in [6, 6.07) is 0.0739. The number of β-amino-alcohol motifs (C(OH)–C–C–N with tert-alkyl or cyclic N) is 1. The first-order valence-corrected chi connectivity index (χ1v) is 7.07. The van der Waals surface area contributed by atoms with Crippen molar-refractivity contribution in [2.24, 2.45) is 0 Å². The van der Waals surface area contributed by atoms with Crippen LogP contribution in [-0.4, -0.2) is 79.1 Å². The van der Waals surface area contributed by atoms with Gasteiger partial charge in [-0.05, 0) is 27.2 Å². The number of aliphatic hydroxyl groups is 1. The highest BCUT2D eigenvalue weighted by Crippen LogP contribution is 2.26. The highest BCUT2D eigenvalue weighted by atomic mass is 16.6. The van der Waals surface area contributed by atoms with Crippen molar-refractivity contribution in [1.82, 2.24) is 9.80 Å². The van der Waals surface area contributed by atoms with E-state index in [1.54, 1.807) is 14.2 Å². The fourth-order valence-corrected chi connectivity index (χ4v) is 2.47. The third-order valence-electron chi connectivity index (χ3n) is 3.60. The molecule has 6 nitrogen and oxygen atoms in total. The molecule has 1 amide bonds. The summed E-state index contributed by atoms with van der Waals surface area (Å²) in [7, 11) is 3.28. The number of aliphatic hydroxyl groups excluding tert-OH is 1. The minimum atomic E-state index is -0.350. The molecule has 2 atom stereocenters. The topological polar surface area (TPSA) is 62.2 Å². The maximum absolute atomic E-state index is 11.8. The maximum atomic E-state index is 11.8. The van der Waals surface area contributed by atoms with Crippen molar-refractivity contribution < 1.29 is 19.4 Å². The molecule has 0 aromatic rings. The summed E-state index contributed by atoms with van der Waals surface area (Å²) in [4.78, 5) is 15.5. The second-order valence-electron chi connectivity index (χ2n) is 6.36. The van der Waals surface area contributed by atoms with Crippen LogP contribution < -0.4 is 0 Å². The molecule has 1 aliphatic heterocycles. The Hall–Kier alpha value is -0.850. The number of likely N-dealkylation sites (N-methyl/N-ethyl adjacent to an activating group) is 1. The van der Waals surface area contributed by atoms with Crippen molar-refractivity contribution >= 4 is 6.09 Å². The van der Waals surface area contributed by atoms with Crippen LogP contribution in [0.25, 0.3) is 0 Å². The molecule has 20 heavy (non-hydrogen) atoms. The van der Waals surface area contributed by atoms with Crippen LogP contribution in [0.15, 0.2) is 0 Å². The van der Waals surface area contributed by atoms with Gasteiger partial charge >= 0.3 is 6.09 Å². The number of carbonyl (C=O) groups is 1. The molecule has 1 heterocycles. The Morgan fingerprint density at radius 3 is 2.65 bits per heavy atom. The number of ether oxygens (including phenoxy) is 2. The van der Waals surface area contributed by atoms with Crippen LogP contribution >= 0.6 is 0 Å². The van der Waals surface area contributed by atoms with Gasteiger partial charge in [0.1, 0.15) is 6.61 Å². The monoisotopic (exact) mass is 288 g/mol. The maximum Gasteiger partial charge on any atom is 0.409 e. The number of nitrogens with zero attached hydrogens (tertiary/aromatic N) is 2. The van der Waals surface area contributed by atoms with Crippen molar-refractivity contribution in [3.05, 3.63) is 0 Å². The molecule has 0 bridgehead atoms. The number of methoxy groups -OCH3 is 1. The molecule has 1 rings (SSSR count). The van der Waals surface area contributed by atoms with Gasteiger partial charge in [0, 0.05) is 38.8 Å². The van der Waals surface area contributed by atoms with Crippen LogP contribution in [0.4, 0.5) is 4.79 Å².